The summed E-state index contributed by atoms with van der Waals surface area (Å²) in [7, 11) is 0. The maximum atomic E-state index is 11.4. The highest BCUT2D eigenvalue weighted by molar-refractivity contribution is 6.01. The van der Waals surface area contributed by atoms with Crippen LogP contribution in [0.5, 0.6) is 0 Å². The molecule has 0 heterocycles. The number of carbonyl (C=O) groups excluding carboxylic acids is 2. The molecule has 0 radical (unpaired) electrons. The van der Waals surface area contributed by atoms with Crippen molar-refractivity contribution in [3.63, 3.8) is 0 Å². The van der Waals surface area contributed by atoms with Crippen LogP contribution in [0.2, 0.25) is 0 Å². The van der Waals surface area contributed by atoms with E-state index in [4.69, 9.17) is 16.2 Å². The lowest BCUT2D eigenvalue weighted by atomic mass is 9.95. The zero-order chi connectivity index (χ0) is 13.7. The summed E-state index contributed by atoms with van der Waals surface area (Å²) in [6, 6.07) is 3.33. The van der Waals surface area contributed by atoms with Crippen LogP contribution >= 0.6 is 0 Å². The SMILES string of the molecule is CCOCCc1c(C(N)=O)cc(C)cc1C(N)=O. The second-order valence-electron chi connectivity index (χ2n) is 4.01. The molecule has 18 heavy (non-hydrogen) atoms. The lowest BCUT2D eigenvalue weighted by Crippen LogP contribution is -2.21. The van der Waals surface area contributed by atoms with Gasteiger partial charge in [-0.1, -0.05) is 0 Å². The van der Waals surface area contributed by atoms with E-state index in [9.17, 15) is 9.59 Å². The molecule has 1 aromatic carbocycles. The van der Waals surface area contributed by atoms with Gasteiger partial charge in [-0.25, -0.2) is 0 Å². The van der Waals surface area contributed by atoms with E-state index in [0.717, 1.165) is 5.56 Å². The first kappa shape index (κ1) is 14.2. The van der Waals surface area contributed by atoms with Crippen molar-refractivity contribution in [2.75, 3.05) is 13.2 Å². The first-order valence-electron chi connectivity index (χ1n) is 5.78. The third-order valence-corrected chi connectivity index (χ3v) is 2.63. The van der Waals surface area contributed by atoms with Crippen molar-refractivity contribution in [3.8, 4) is 0 Å². The van der Waals surface area contributed by atoms with Crippen LogP contribution in [0.3, 0.4) is 0 Å². The lowest BCUT2D eigenvalue weighted by molar-refractivity contribution is 0.0998. The molecule has 0 fully saturated rings. The Kier molecular flexibility index (Phi) is 4.85. The summed E-state index contributed by atoms with van der Waals surface area (Å²) < 4.78 is 5.23. The normalized spacial score (nSPS) is 10.3. The minimum atomic E-state index is -0.562. The number of benzene rings is 1. The lowest BCUT2D eigenvalue weighted by Gasteiger charge is -2.12. The number of hydrogen-bond acceptors (Lipinski definition) is 3. The van der Waals surface area contributed by atoms with Gasteiger partial charge in [-0.05, 0) is 43.5 Å². The summed E-state index contributed by atoms with van der Waals surface area (Å²) in [4.78, 5) is 22.8. The van der Waals surface area contributed by atoms with Gasteiger partial charge < -0.3 is 16.2 Å². The number of carbonyl (C=O) groups is 2. The smallest absolute Gasteiger partial charge is 0.249 e. The van der Waals surface area contributed by atoms with Gasteiger partial charge in [0.15, 0.2) is 0 Å². The van der Waals surface area contributed by atoms with Crippen molar-refractivity contribution >= 4 is 11.8 Å². The standard InChI is InChI=1S/C13H18N2O3/c1-3-18-5-4-9-10(12(14)16)6-8(2)7-11(9)13(15)17/h6-7H,3-5H2,1-2H3,(H2,14,16)(H2,15,17). The summed E-state index contributed by atoms with van der Waals surface area (Å²) >= 11 is 0. The number of hydrogen-bond donors (Lipinski definition) is 2. The highest BCUT2D eigenvalue weighted by Crippen LogP contribution is 2.18. The molecule has 5 heteroatoms. The summed E-state index contributed by atoms with van der Waals surface area (Å²) in [6.45, 7) is 4.65. The fourth-order valence-corrected chi connectivity index (χ4v) is 1.84. The van der Waals surface area contributed by atoms with Gasteiger partial charge in [0.05, 0.1) is 6.61 Å². The maximum absolute atomic E-state index is 11.4. The Balaban J connectivity index is 3.23. The zero-order valence-electron chi connectivity index (χ0n) is 10.7. The highest BCUT2D eigenvalue weighted by atomic mass is 16.5. The van der Waals surface area contributed by atoms with Gasteiger partial charge >= 0.3 is 0 Å². The third kappa shape index (κ3) is 3.30. The third-order valence-electron chi connectivity index (χ3n) is 2.63. The van der Waals surface area contributed by atoms with Crippen LogP contribution in [-0.2, 0) is 11.2 Å². The molecular weight excluding hydrogens is 232 g/mol. The second kappa shape index (κ2) is 6.16. The number of nitrogens with two attached hydrogens (primary N) is 2. The Morgan fingerprint density at radius 1 is 1.17 bits per heavy atom. The molecule has 0 saturated carbocycles. The summed E-state index contributed by atoms with van der Waals surface area (Å²) in [5.41, 5.74) is 12.7. The number of ether oxygens (including phenoxy) is 1. The van der Waals surface area contributed by atoms with Crippen molar-refractivity contribution < 1.29 is 14.3 Å². The molecule has 0 spiro atoms. The summed E-state index contributed by atoms with van der Waals surface area (Å²) in [6.07, 6.45) is 0.435. The number of aryl methyl sites for hydroxylation is 1. The van der Waals surface area contributed by atoms with Crippen molar-refractivity contribution in [1.82, 2.24) is 0 Å². The molecule has 0 aromatic heterocycles. The van der Waals surface area contributed by atoms with Crippen LogP contribution in [0.4, 0.5) is 0 Å². The Bertz CT molecular complexity index is 434. The average Bonchev–Trinajstić information content (AvgIpc) is 2.30. The molecule has 4 N–H and O–H groups in total. The quantitative estimate of drug-likeness (QED) is 0.730. The Labute approximate surface area is 106 Å². The van der Waals surface area contributed by atoms with Crippen LogP contribution < -0.4 is 11.5 Å². The van der Waals surface area contributed by atoms with Crippen molar-refractivity contribution in [2.45, 2.75) is 20.3 Å². The first-order chi connectivity index (χ1) is 8.47. The molecule has 0 aliphatic rings. The van der Waals surface area contributed by atoms with E-state index in [1.54, 1.807) is 19.1 Å². The molecule has 0 aliphatic carbocycles. The largest absolute Gasteiger partial charge is 0.381 e. The molecule has 0 atom stereocenters. The fraction of sp³-hybridized carbons (Fsp3) is 0.385. The van der Waals surface area contributed by atoms with Gasteiger partial charge in [0, 0.05) is 17.7 Å². The molecule has 0 bridgehead atoms. The van der Waals surface area contributed by atoms with Crippen molar-refractivity contribution in [3.05, 3.63) is 34.4 Å². The number of rotatable bonds is 6. The van der Waals surface area contributed by atoms with E-state index >= 15 is 0 Å². The minimum absolute atomic E-state index is 0.337. The van der Waals surface area contributed by atoms with Gasteiger partial charge in [0.1, 0.15) is 0 Å². The number of amides is 2. The van der Waals surface area contributed by atoms with Gasteiger partial charge in [-0.15, -0.1) is 0 Å². The summed E-state index contributed by atoms with van der Waals surface area (Å²) in [5.74, 6) is -1.12. The van der Waals surface area contributed by atoms with E-state index < -0.39 is 11.8 Å². The Morgan fingerprint density at radius 2 is 1.67 bits per heavy atom. The van der Waals surface area contributed by atoms with Crippen molar-refractivity contribution in [2.24, 2.45) is 11.5 Å². The topological polar surface area (TPSA) is 95.4 Å². The molecule has 1 aromatic rings. The van der Waals surface area contributed by atoms with E-state index in [1.807, 2.05) is 6.92 Å². The molecule has 1 rings (SSSR count). The highest BCUT2D eigenvalue weighted by Gasteiger charge is 2.16. The Hall–Kier alpha value is -1.88. The first-order valence-corrected chi connectivity index (χ1v) is 5.78. The number of primary amides is 2. The van der Waals surface area contributed by atoms with Gasteiger partial charge in [0.2, 0.25) is 11.8 Å². The van der Waals surface area contributed by atoms with E-state index in [2.05, 4.69) is 0 Å². The molecular formula is C13H18N2O3. The van der Waals surface area contributed by atoms with Crippen LogP contribution in [0.15, 0.2) is 12.1 Å². The van der Waals surface area contributed by atoms with Crippen molar-refractivity contribution in [1.29, 1.82) is 0 Å². The molecule has 2 amide bonds. The predicted octanol–water partition coefficient (Wildman–Crippen LogP) is 0.772. The van der Waals surface area contributed by atoms with Crippen LogP contribution in [0, 0.1) is 6.92 Å². The maximum Gasteiger partial charge on any atom is 0.249 e. The summed E-state index contributed by atoms with van der Waals surface area (Å²) in [5, 5.41) is 0. The van der Waals surface area contributed by atoms with Gasteiger partial charge in [0.25, 0.3) is 0 Å². The fourth-order valence-electron chi connectivity index (χ4n) is 1.84. The van der Waals surface area contributed by atoms with Crippen LogP contribution in [-0.4, -0.2) is 25.0 Å². The van der Waals surface area contributed by atoms with E-state index in [-0.39, 0.29) is 0 Å². The molecule has 0 saturated heterocycles. The molecule has 98 valence electrons. The monoisotopic (exact) mass is 250 g/mol. The van der Waals surface area contributed by atoms with E-state index in [0.29, 0.717) is 36.3 Å². The van der Waals surface area contributed by atoms with Gasteiger partial charge in [-0.3, -0.25) is 9.59 Å². The van der Waals surface area contributed by atoms with Gasteiger partial charge in [-0.2, -0.15) is 0 Å². The average molecular weight is 250 g/mol. The van der Waals surface area contributed by atoms with E-state index in [1.165, 1.54) is 0 Å². The molecule has 0 unspecified atom stereocenters. The minimum Gasteiger partial charge on any atom is -0.381 e. The van der Waals surface area contributed by atoms with Crippen LogP contribution in [0.25, 0.3) is 0 Å². The zero-order valence-corrected chi connectivity index (χ0v) is 10.7. The molecule has 5 nitrogen and oxygen atoms in total. The predicted molar refractivity (Wildman–Crippen MR) is 68.4 cm³/mol. The Morgan fingerprint density at radius 3 is 2.06 bits per heavy atom. The molecule has 0 aliphatic heterocycles. The second-order valence-corrected chi connectivity index (χ2v) is 4.01. The van der Waals surface area contributed by atoms with Crippen LogP contribution in [0.1, 0.15) is 38.8 Å².